The van der Waals surface area contributed by atoms with Crippen molar-refractivity contribution in [1.29, 1.82) is 0 Å². The lowest BCUT2D eigenvalue weighted by atomic mass is 10.00. The fourth-order valence-corrected chi connectivity index (χ4v) is 1.62. The Morgan fingerprint density at radius 1 is 1.33 bits per heavy atom. The summed E-state index contributed by atoms with van der Waals surface area (Å²) in [6, 6.07) is 5.85. The van der Waals surface area contributed by atoms with E-state index in [0.29, 0.717) is 13.2 Å². The van der Waals surface area contributed by atoms with Gasteiger partial charge in [-0.3, -0.25) is 0 Å². The van der Waals surface area contributed by atoms with E-state index >= 15 is 0 Å². The third-order valence-corrected chi connectivity index (χ3v) is 2.38. The molecule has 1 heterocycles. The van der Waals surface area contributed by atoms with Crippen molar-refractivity contribution in [3.8, 4) is 0 Å². The minimum absolute atomic E-state index is 0.605. The molecule has 1 aromatic carbocycles. The van der Waals surface area contributed by atoms with E-state index in [-0.39, 0.29) is 0 Å². The first-order valence-corrected chi connectivity index (χ1v) is 4.20. The van der Waals surface area contributed by atoms with E-state index in [1.165, 1.54) is 0 Å². The van der Waals surface area contributed by atoms with E-state index in [4.69, 9.17) is 16.3 Å². The van der Waals surface area contributed by atoms with Crippen molar-refractivity contribution in [2.24, 2.45) is 0 Å². The molecule has 0 saturated heterocycles. The fourth-order valence-electron chi connectivity index (χ4n) is 1.39. The lowest BCUT2D eigenvalue weighted by Gasteiger charge is -2.19. The standard InChI is InChI=1S/C10H9ClO/c1-7-5-12-6-9-8(7)3-2-4-10(9)11/h2-4H,1,5-6H2. The van der Waals surface area contributed by atoms with Crippen LogP contribution in [0.4, 0.5) is 0 Å². The number of rotatable bonds is 0. The molecule has 0 atom stereocenters. The lowest BCUT2D eigenvalue weighted by Crippen LogP contribution is -2.08. The molecule has 0 N–H and O–H groups in total. The van der Waals surface area contributed by atoms with Crippen LogP contribution in [0.1, 0.15) is 11.1 Å². The van der Waals surface area contributed by atoms with Gasteiger partial charge in [-0.05, 0) is 17.2 Å². The van der Waals surface area contributed by atoms with E-state index in [2.05, 4.69) is 6.58 Å². The molecule has 1 nitrogen and oxygen atoms in total. The minimum atomic E-state index is 0.605. The number of fused-ring (bicyclic) bond motifs is 1. The van der Waals surface area contributed by atoms with Gasteiger partial charge in [0.05, 0.1) is 13.2 Å². The fraction of sp³-hybridized carbons (Fsp3) is 0.200. The molecule has 62 valence electrons. The van der Waals surface area contributed by atoms with Crippen LogP contribution in [-0.2, 0) is 11.3 Å². The van der Waals surface area contributed by atoms with Gasteiger partial charge in [0, 0.05) is 10.6 Å². The molecule has 12 heavy (non-hydrogen) atoms. The third-order valence-electron chi connectivity index (χ3n) is 2.02. The van der Waals surface area contributed by atoms with Crippen molar-refractivity contribution in [3.63, 3.8) is 0 Å². The highest BCUT2D eigenvalue weighted by Crippen LogP contribution is 2.29. The monoisotopic (exact) mass is 180 g/mol. The molecule has 0 aliphatic carbocycles. The van der Waals surface area contributed by atoms with Gasteiger partial charge in [0.2, 0.25) is 0 Å². The van der Waals surface area contributed by atoms with E-state index in [0.717, 1.165) is 21.7 Å². The van der Waals surface area contributed by atoms with Crippen molar-refractivity contribution in [2.75, 3.05) is 6.61 Å². The topological polar surface area (TPSA) is 9.23 Å². The van der Waals surface area contributed by atoms with E-state index in [9.17, 15) is 0 Å². The molecule has 1 aliphatic rings. The SMILES string of the molecule is C=C1COCc2c(Cl)cccc21. The molecule has 0 saturated carbocycles. The Labute approximate surface area is 76.6 Å². The van der Waals surface area contributed by atoms with Gasteiger partial charge in [0.15, 0.2) is 0 Å². The summed E-state index contributed by atoms with van der Waals surface area (Å²) in [5, 5.41) is 0.772. The van der Waals surface area contributed by atoms with Gasteiger partial charge in [0.1, 0.15) is 0 Å². The lowest BCUT2D eigenvalue weighted by molar-refractivity contribution is 0.146. The largest absolute Gasteiger partial charge is 0.372 e. The molecule has 1 aromatic rings. The van der Waals surface area contributed by atoms with Crippen LogP contribution in [0.15, 0.2) is 24.8 Å². The molecule has 0 bridgehead atoms. The zero-order chi connectivity index (χ0) is 8.55. The molecule has 2 heteroatoms. The van der Waals surface area contributed by atoms with Crippen molar-refractivity contribution < 1.29 is 4.74 Å². The van der Waals surface area contributed by atoms with Crippen molar-refractivity contribution in [2.45, 2.75) is 6.61 Å². The van der Waals surface area contributed by atoms with Gasteiger partial charge in [-0.15, -0.1) is 0 Å². The Bertz CT molecular complexity index is 331. The van der Waals surface area contributed by atoms with Gasteiger partial charge in [-0.1, -0.05) is 30.3 Å². The molecule has 0 amide bonds. The quantitative estimate of drug-likeness (QED) is 0.597. The van der Waals surface area contributed by atoms with Crippen molar-refractivity contribution >= 4 is 17.2 Å². The van der Waals surface area contributed by atoms with Crippen LogP contribution in [0.25, 0.3) is 5.57 Å². The normalized spacial score (nSPS) is 15.9. The van der Waals surface area contributed by atoms with Gasteiger partial charge >= 0.3 is 0 Å². The number of ether oxygens (including phenoxy) is 1. The number of hydrogen-bond donors (Lipinski definition) is 0. The number of halogens is 1. The van der Waals surface area contributed by atoms with Crippen LogP contribution in [0.2, 0.25) is 5.02 Å². The van der Waals surface area contributed by atoms with Gasteiger partial charge in [-0.2, -0.15) is 0 Å². The Kier molecular flexibility index (Phi) is 1.91. The van der Waals surface area contributed by atoms with Gasteiger partial charge < -0.3 is 4.74 Å². The molecule has 0 radical (unpaired) electrons. The maximum atomic E-state index is 5.99. The van der Waals surface area contributed by atoms with Crippen LogP contribution >= 0.6 is 11.6 Å². The third kappa shape index (κ3) is 1.15. The Hall–Kier alpha value is -0.790. The average molecular weight is 181 g/mol. The van der Waals surface area contributed by atoms with E-state index in [1.807, 2.05) is 18.2 Å². The van der Waals surface area contributed by atoms with Gasteiger partial charge in [0.25, 0.3) is 0 Å². The minimum Gasteiger partial charge on any atom is -0.372 e. The maximum absolute atomic E-state index is 5.99. The molecular formula is C10H9ClO. The highest BCUT2D eigenvalue weighted by Gasteiger charge is 2.14. The van der Waals surface area contributed by atoms with E-state index < -0.39 is 0 Å². The molecule has 0 spiro atoms. The second kappa shape index (κ2) is 2.92. The molecule has 0 fully saturated rings. The highest BCUT2D eigenvalue weighted by atomic mass is 35.5. The summed E-state index contributed by atoms with van der Waals surface area (Å²) in [5.74, 6) is 0. The predicted octanol–water partition coefficient (Wildman–Crippen LogP) is 2.88. The summed E-state index contributed by atoms with van der Waals surface area (Å²) in [6.45, 7) is 5.14. The molecule has 0 unspecified atom stereocenters. The van der Waals surface area contributed by atoms with Crippen LogP contribution < -0.4 is 0 Å². The van der Waals surface area contributed by atoms with Crippen molar-refractivity contribution in [3.05, 3.63) is 40.9 Å². The summed E-state index contributed by atoms with van der Waals surface area (Å²) in [4.78, 5) is 0. The Balaban J connectivity index is 2.59. The van der Waals surface area contributed by atoms with E-state index in [1.54, 1.807) is 0 Å². The van der Waals surface area contributed by atoms with Crippen LogP contribution in [0.5, 0.6) is 0 Å². The molecule has 0 aromatic heterocycles. The second-order valence-electron chi connectivity index (χ2n) is 2.86. The summed E-state index contributed by atoms with van der Waals surface area (Å²) >= 11 is 5.99. The molecule has 2 rings (SSSR count). The van der Waals surface area contributed by atoms with Crippen LogP contribution in [-0.4, -0.2) is 6.61 Å². The Morgan fingerprint density at radius 3 is 2.92 bits per heavy atom. The Morgan fingerprint density at radius 2 is 2.17 bits per heavy atom. The number of hydrogen-bond acceptors (Lipinski definition) is 1. The van der Waals surface area contributed by atoms with Crippen molar-refractivity contribution in [1.82, 2.24) is 0 Å². The van der Waals surface area contributed by atoms with Crippen LogP contribution in [0, 0.1) is 0 Å². The zero-order valence-electron chi connectivity index (χ0n) is 6.64. The average Bonchev–Trinajstić information content (AvgIpc) is 2.07. The summed E-state index contributed by atoms with van der Waals surface area (Å²) in [5.41, 5.74) is 3.22. The molecular weight excluding hydrogens is 172 g/mol. The first-order chi connectivity index (χ1) is 5.79. The smallest absolute Gasteiger partial charge is 0.0741 e. The first-order valence-electron chi connectivity index (χ1n) is 3.82. The maximum Gasteiger partial charge on any atom is 0.0741 e. The van der Waals surface area contributed by atoms with Gasteiger partial charge in [-0.25, -0.2) is 0 Å². The predicted molar refractivity (Wildman–Crippen MR) is 50.1 cm³/mol. The first kappa shape index (κ1) is 7.84. The van der Waals surface area contributed by atoms with Crippen LogP contribution in [0.3, 0.4) is 0 Å². The summed E-state index contributed by atoms with van der Waals surface area (Å²) < 4.78 is 5.31. The second-order valence-corrected chi connectivity index (χ2v) is 3.27. The zero-order valence-corrected chi connectivity index (χ0v) is 7.40. The summed E-state index contributed by atoms with van der Waals surface area (Å²) in [6.07, 6.45) is 0. The number of benzene rings is 1. The molecule has 1 aliphatic heterocycles. The highest BCUT2D eigenvalue weighted by molar-refractivity contribution is 6.31. The summed E-state index contributed by atoms with van der Waals surface area (Å²) in [7, 11) is 0.